The summed E-state index contributed by atoms with van der Waals surface area (Å²) in [6.45, 7) is 4.13. The number of aromatic nitrogens is 2. The molecule has 0 saturated carbocycles. The van der Waals surface area contributed by atoms with Crippen LogP contribution in [0.5, 0.6) is 0 Å². The third-order valence-corrected chi connectivity index (χ3v) is 3.47. The summed E-state index contributed by atoms with van der Waals surface area (Å²) >= 11 is 0. The number of alkyl halides is 2. The van der Waals surface area contributed by atoms with Crippen molar-refractivity contribution in [3.63, 3.8) is 0 Å². The predicted octanol–water partition coefficient (Wildman–Crippen LogP) is 3.80. The second-order valence-corrected chi connectivity index (χ2v) is 5.66. The van der Waals surface area contributed by atoms with Gasteiger partial charge in [0.2, 0.25) is 0 Å². The highest BCUT2D eigenvalue weighted by molar-refractivity contribution is 5.74. The van der Waals surface area contributed by atoms with Crippen LogP contribution in [0.4, 0.5) is 13.2 Å². The maximum atomic E-state index is 14.0. The molecule has 2 aromatic rings. The van der Waals surface area contributed by atoms with Crippen molar-refractivity contribution in [1.29, 1.82) is 0 Å². The Bertz CT molecular complexity index is 821. The Balaban J connectivity index is 0.000000758. The highest BCUT2D eigenvalue weighted by Gasteiger charge is 2.22. The summed E-state index contributed by atoms with van der Waals surface area (Å²) in [5.41, 5.74) is 0.922. The summed E-state index contributed by atoms with van der Waals surface area (Å²) in [7, 11) is 0. The monoisotopic (exact) mass is 366 g/mol. The number of aliphatic hydroxyl groups excluding tert-OH is 1. The molecule has 1 aromatic carbocycles. The van der Waals surface area contributed by atoms with Crippen molar-refractivity contribution in [2.75, 3.05) is 6.54 Å². The van der Waals surface area contributed by atoms with Gasteiger partial charge in [0.1, 0.15) is 11.6 Å². The summed E-state index contributed by atoms with van der Waals surface area (Å²) in [6.07, 6.45) is 2.82. The molecule has 8 heteroatoms. The first kappa shape index (κ1) is 19.6. The number of rotatable bonds is 4. The first-order valence-electron chi connectivity index (χ1n) is 8.25. The molecule has 0 bridgehead atoms. The van der Waals surface area contributed by atoms with E-state index in [2.05, 4.69) is 34.4 Å². The number of hydrogen-bond acceptors (Lipinski definition) is 5. The topological polar surface area (TPSA) is 70.1 Å². The van der Waals surface area contributed by atoms with Crippen molar-refractivity contribution in [3.8, 4) is 0 Å². The maximum Gasteiger partial charge on any atom is 0.265 e. The molecule has 0 amide bonds. The molecule has 1 aliphatic heterocycles. The van der Waals surface area contributed by atoms with Gasteiger partial charge in [0.25, 0.3) is 6.43 Å². The average Bonchev–Trinajstić information content (AvgIpc) is 2.61. The molecule has 0 aliphatic carbocycles. The lowest BCUT2D eigenvalue weighted by Crippen LogP contribution is -2.28. The molecule has 0 atom stereocenters. The van der Waals surface area contributed by atoms with E-state index in [-0.39, 0.29) is 24.4 Å². The number of nitrogens with one attached hydrogen (secondary N) is 2. The van der Waals surface area contributed by atoms with Crippen molar-refractivity contribution in [2.45, 2.75) is 33.2 Å². The zero-order valence-electron chi connectivity index (χ0n) is 14.6. The quantitative estimate of drug-likeness (QED) is 0.768. The van der Waals surface area contributed by atoms with Crippen LogP contribution in [0.25, 0.3) is 11.0 Å². The number of aliphatic hydroxyl groups is 1. The first-order chi connectivity index (χ1) is 12.5. The standard InChI is InChI=1S/C15H13F3N4O.C3H8/c16-10-4-12-11(20-1-2-21-12)3-8(10)5-22-13-7-19-6-9(14(13)23)15(17)18;1-3-2/h1-4,7,15,19,22-23H,5-6H2;3H2,1-2H3. The Morgan fingerprint density at radius 3 is 2.42 bits per heavy atom. The molecular formula is C18H21F3N4O. The van der Waals surface area contributed by atoms with Crippen LogP contribution in [0.15, 0.2) is 47.8 Å². The number of nitrogens with zero attached hydrogens (tertiary/aromatic N) is 2. The van der Waals surface area contributed by atoms with Gasteiger partial charge in [0.05, 0.1) is 22.3 Å². The van der Waals surface area contributed by atoms with Crippen molar-refractivity contribution in [1.82, 2.24) is 20.6 Å². The van der Waals surface area contributed by atoms with E-state index < -0.39 is 23.6 Å². The number of fused-ring (bicyclic) bond motifs is 1. The fourth-order valence-corrected chi connectivity index (χ4v) is 2.26. The fourth-order valence-electron chi connectivity index (χ4n) is 2.26. The van der Waals surface area contributed by atoms with Gasteiger partial charge < -0.3 is 15.7 Å². The fraction of sp³-hybridized carbons (Fsp3) is 0.333. The Morgan fingerprint density at radius 2 is 1.81 bits per heavy atom. The highest BCUT2D eigenvalue weighted by Crippen LogP contribution is 2.20. The molecule has 0 radical (unpaired) electrons. The van der Waals surface area contributed by atoms with Gasteiger partial charge in [-0.15, -0.1) is 0 Å². The van der Waals surface area contributed by atoms with Crippen LogP contribution in [0, 0.1) is 5.82 Å². The number of hydrogen-bond donors (Lipinski definition) is 3. The van der Waals surface area contributed by atoms with E-state index in [1.54, 1.807) is 0 Å². The normalized spacial score (nSPS) is 13.8. The van der Waals surface area contributed by atoms with Crippen LogP contribution in [0.2, 0.25) is 0 Å². The smallest absolute Gasteiger partial charge is 0.265 e. The minimum atomic E-state index is -2.76. The van der Waals surface area contributed by atoms with Crippen LogP contribution < -0.4 is 10.6 Å². The van der Waals surface area contributed by atoms with E-state index in [1.165, 1.54) is 37.1 Å². The largest absolute Gasteiger partial charge is 0.505 e. The molecule has 0 spiro atoms. The molecule has 3 N–H and O–H groups in total. The van der Waals surface area contributed by atoms with Crippen LogP contribution >= 0.6 is 0 Å². The van der Waals surface area contributed by atoms with E-state index >= 15 is 0 Å². The molecule has 3 rings (SSSR count). The van der Waals surface area contributed by atoms with Crippen molar-refractivity contribution in [3.05, 3.63) is 59.1 Å². The van der Waals surface area contributed by atoms with Gasteiger partial charge in [-0.1, -0.05) is 20.3 Å². The molecule has 1 aliphatic rings. The summed E-state index contributed by atoms with van der Waals surface area (Å²) in [4.78, 5) is 8.09. The van der Waals surface area contributed by atoms with Crippen molar-refractivity contribution < 1.29 is 18.3 Å². The maximum absolute atomic E-state index is 14.0. The summed E-state index contributed by atoms with van der Waals surface area (Å²) in [5, 5.41) is 15.2. The van der Waals surface area contributed by atoms with Crippen molar-refractivity contribution >= 4 is 11.0 Å². The van der Waals surface area contributed by atoms with Gasteiger partial charge in [-0.25, -0.2) is 13.2 Å². The van der Waals surface area contributed by atoms with E-state index in [4.69, 9.17) is 0 Å². The molecule has 0 saturated heterocycles. The lowest BCUT2D eigenvalue weighted by atomic mass is 10.1. The molecule has 0 fully saturated rings. The van der Waals surface area contributed by atoms with Gasteiger partial charge in [-0.3, -0.25) is 9.97 Å². The van der Waals surface area contributed by atoms with E-state index in [0.717, 1.165) is 0 Å². The zero-order valence-corrected chi connectivity index (χ0v) is 14.6. The summed E-state index contributed by atoms with van der Waals surface area (Å²) in [6, 6.07) is 2.78. The number of benzene rings is 1. The average molecular weight is 366 g/mol. The highest BCUT2D eigenvalue weighted by atomic mass is 19.3. The third kappa shape index (κ3) is 4.65. The molecule has 140 valence electrons. The minimum absolute atomic E-state index is 0.00639. The summed E-state index contributed by atoms with van der Waals surface area (Å²) in [5.74, 6) is -1.01. The minimum Gasteiger partial charge on any atom is -0.505 e. The van der Waals surface area contributed by atoms with Gasteiger partial charge >= 0.3 is 0 Å². The van der Waals surface area contributed by atoms with Gasteiger partial charge in [-0.05, 0) is 6.07 Å². The van der Waals surface area contributed by atoms with E-state index in [1.807, 2.05) is 0 Å². The Kier molecular flexibility index (Phi) is 6.82. The van der Waals surface area contributed by atoms with Crippen LogP contribution in [-0.2, 0) is 6.54 Å². The van der Waals surface area contributed by atoms with E-state index in [0.29, 0.717) is 11.0 Å². The van der Waals surface area contributed by atoms with Crippen molar-refractivity contribution in [2.24, 2.45) is 0 Å². The number of dihydropyridines is 1. The lowest BCUT2D eigenvalue weighted by molar-refractivity contribution is 0.177. The van der Waals surface area contributed by atoms with Crippen LogP contribution in [0.1, 0.15) is 25.8 Å². The Morgan fingerprint density at radius 1 is 1.19 bits per heavy atom. The predicted molar refractivity (Wildman–Crippen MR) is 94.0 cm³/mol. The molecule has 1 aromatic heterocycles. The van der Waals surface area contributed by atoms with Gasteiger partial charge in [0.15, 0.2) is 0 Å². The number of halogens is 3. The third-order valence-electron chi connectivity index (χ3n) is 3.47. The van der Waals surface area contributed by atoms with E-state index in [9.17, 15) is 18.3 Å². The first-order valence-corrected chi connectivity index (χ1v) is 8.25. The molecule has 26 heavy (non-hydrogen) atoms. The van der Waals surface area contributed by atoms with Gasteiger partial charge in [0, 0.05) is 43.3 Å². The molecule has 5 nitrogen and oxygen atoms in total. The lowest BCUT2D eigenvalue weighted by Gasteiger charge is -2.20. The SMILES string of the molecule is CCC.OC1=C(C(F)F)CNC=C1NCc1cc2nccnc2cc1F. The Hall–Kier alpha value is -2.77. The second kappa shape index (κ2) is 9.07. The Labute approximate surface area is 149 Å². The zero-order chi connectivity index (χ0) is 19.1. The molecule has 0 unspecified atom stereocenters. The summed E-state index contributed by atoms with van der Waals surface area (Å²) < 4.78 is 39.6. The van der Waals surface area contributed by atoms with Gasteiger partial charge in [-0.2, -0.15) is 0 Å². The second-order valence-electron chi connectivity index (χ2n) is 5.66. The van der Waals surface area contributed by atoms with Crippen LogP contribution in [0.3, 0.4) is 0 Å². The van der Waals surface area contributed by atoms with Crippen LogP contribution in [-0.4, -0.2) is 28.0 Å². The molecule has 2 heterocycles. The molecular weight excluding hydrogens is 345 g/mol.